The monoisotopic (exact) mass is 226 g/mol. The van der Waals surface area contributed by atoms with Crippen LogP contribution in [0.25, 0.3) is 0 Å². The molecule has 4 heteroatoms. The van der Waals surface area contributed by atoms with Gasteiger partial charge in [0.15, 0.2) is 0 Å². The molecule has 1 heterocycles. The number of ether oxygens (including phenoxy) is 1. The zero-order valence-corrected chi connectivity index (χ0v) is 10.6. The summed E-state index contributed by atoms with van der Waals surface area (Å²) in [6.45, 7) is 9.47. The van der Waals surface area contributed by atoms with Gasteiger partial charge >= 0.3 is 0 Å². The number of nitrogens with zero attached hydrogens (tertiary/aromatic N) is 2. The van der Waals surface area contributed by atoms with Crippen molar-refractivity contribution in [2.45, 2.75) is 46.4 Å². The SMILES string of the molecule is CCOC(C(C)C)C(O)c1nccn1CC. The normalized spacial score (nSPS) is 15.4. The van der Waals surface area contributed by atoms with Gasteiger partial charge < -0.3 is 14.4 Å². The number of imidazole rings is 1. The van der Waals surface area contributed by atoms with E-state index in [0.717, 1.165) is 6.54 Å². The van der Waals surface area contributed by atoms with Crippen molar-refractivity contribution in [2.75, 3.05) is 6.61 Å². The van der Waals surface area contributed by atoms with Crippen LogP contribution in [0.15, 0.2) is 12.4 Å². The Bertz CT molecular complexity index is 310. The quantitative estimate of drug-likeness (QED) is 0.807. The van der Waals surface area contributed by atoms with Gasteiger partial charge in [-0.05, 0) is 19.8 Å². The van der Waals surface area contributed by atoms with Crippen LogP contribution in [0.3, 0.4) is 0 Å². The predicted octanol–water partition coefficient (Wildman–Crippen LogP) is 2.00. The van der Waals surface area contributed by atoms with E-state index in [1.54, 1.807) is 6.20 Å². The highest BCUT2D eigenvalue weighted by molar-refractivity contribution is 4.99. The van der Waals surface area contributed by atoms with Gasteiger partial charge in [0, 0.05) is 25.5 Å². The number of hydrogen-bond acceptors (Lipinski definition) is 3. The molecule has 0 radical (unpaired) electrons. The van der Waals surface area contributed by atoms with Crippen LogP contribution < -0.4 is 0 Å². The average molecular weight is 226 g/mol. The molecule has 92 valence electrons. The number of aliphatic hydroxyl groups excluding tert-OH is 1. The summed E-state index contributed by atoms with van der Waals surface area (Å²) in [6, 6.07) is 0. The van der Waals surface area contributed by atoms with E-state index in [-0.39, 0.29) is 12.0 Å². The molecule has 2 unspecified atom stereocenters. The van der Waals surface area contributed by atoms with E-state index < -0.39 is 6.10 Å². The molecular weight excluding hydrogens is 204 g/mol. The first-order chi connectivity index (χ1) is 7.61. The van der Waals surface area contributed by atoms with Crippen LogP contribution in [0.2, 0.25) is 0 Å². The maximum atomic E-state index is 10.3. The highest BCUT2D eigenvalue weighted by Crippen LogP contribution is 2.23. The van der Waals surface area contributed by atoms with Gasteiger partial charge in [-0.2, -0.15) is 0 Å². The van der Waals surface area contributed by atoms with Crippen LogP contribution in [0.4, 0.5) is 0 Å². The van der Waals surface area contributed by atoms with Crippen LogP contribution >= 0.6 is 0 Å². The molecule has 0 aromatic carbocycles. The van der Waals surface area contributed by atoms with E-state index in [9.17, 15) is 5.11 Å². The lowest BCUT2D eigenvalue weighted by atomic mass is 10.0. The van der Waals surface area contributed by atoms with E-state index in [4.69, 9.17) is 4.74 Å². The molecule has 0 saturated heterocycles. The van der Waals surface area contributed by atoms with Crippen molar-refractivity contribution in [1.29, 1.82) is 0 Å². The molecule has 16 heavy (non-hydrogen) atoms. The van der Waals surface area contributed by atoms with Gasteiger partial charge in [0.25, 0.3) is 0 Å². The largest absolute Gasteiger partial charge is 0.382 e. The Morgan fingerprint density at radius 3 is 2.62 bits per heavy atom. The fourth-order valence-electron chi connectivity index (χ4n) is 1.84. The Balaban J connectivity index is 2.85. The summed E-state index contributed by atoms with van der Waals surface area (Å²) < 4.78 is 7.53. The van der Waals surface area contributed by atoms with Gasteiger partial charge in [-0.15, -0.1) is 0 Å². The highest BCUT2D eigenvalue weighted by atomic mass is 16.5. The second-order valence-electron chi connectivity index (χ2n) is 4.18. The number of aryl methyl sites for hydroxylation is 1. The van der Waals surface area contributed by atoms with Crippen molar-refractivity contribution < 1.29 is 9.84 Å². The second-order valence-corrected chi connectivity index (χ2v) is 4.18. The Morgan fingerprint density at radius 2 is 2.12 bits per heavy atom. The van der Waals surface area contributed by atoms with Gasteiger partial charge in [0.1, 0.15) is 11.9 Å². The Morgan fingerprint density at radius 1 is 1.44 bits per heavy atom. The predicted molar refractivity (Wildman–Crippen MR) is 63.1 cm³/mol. The summed E-state index contributed by atoms with van der Waals surface area (Å²) in [7, 11) is 0. The number of rotatable bonds is 6. The molecule has 0 bridgehead atoms. The van der Waals surface area contributed by atoms with Crippen LogP contribution in [-0.2, 0) is 11.3 Å². The lowest BCUT2D eigenvalue weighted by molar-refractivity contribution is -0.0630. The van der Waals surface area contributed by atoms with Crippen LogP contribution in [-0.4, -0.2) is 27.4 Å². The number of aliphatic hydroxyl groups is 1. The second kappa shape index (κ2) is 6.01. The maximum Gasteiger partial charge on any atom is 0.140 e. The molecule has 4 nitrogen and oxygen atoms in total. The van der Waals surface area contributed by atoms with Crippen molar-refractivity contribution in [3.8, 4) is 0 Å². The summed E-state index contributed by atoms with van der Waals surface area (Å²) in [6.07, 6.45) is 2.74. The lowest BCUT2D eigenvalue weighted by Gasteiger charge is -2.26. The van der Waals surface area contributed by atoms with Gasteiger partial charge in [0.2, 0.25) is 0 Å². The molecule has 0 aliphatic heterocycles. The molecule has 0 amide bonds. The minimum Gasteiger partial charge on any atom is -0.382 e. The molecule has 0 spiro atoms. The molecule has 0 aliphatic rings. The van der Waals surface area contributed by atoms with Gasteiger partial charge in [-0.3, -0.25) is 0 Å². The third-order valence-corrected chi connectivity index (χ3v) is 2.68. The highest BCUT2D eigenvalue weighted by Gasteiger charge is 2.27. The third-order valence-electron chi connectivity index (χ3n) is 2.68. The first-order valence-corrected chi connectivity index (χ1v) is 5.92. The molecule has 1 N–H and O–H groups in total. The van der Waals surface area contributed by atoms with E-state index in [0.29, 0.717) is 12.4 Å². The van der Waals surface area contributed by atoms with Gasteiger partial charge in [-0.25, -0.2) is 4.98 Å². The fraction of sp³-hybridized carbons (Fsp3) is 0.750. The topological polar surface area (TPSA) is 47.3 Å². The van der Waals surface area contributed by atoms with Crippen molar-refractivity contribution >= 4 is 0 Å². The molecule has 0 saturated carbocycles. The molecule has 0 aliphatic carbocycles. The summed E-state index contributed by atoms with van der Waals surface area (Å²) >= 11 is 0. The molecule has 1 aromatic heterocycles. The minimum absolute atomic E-state index is 0.197. The van der Waals surface area contributed by atoms with E-state index in [2.05, 4.69) is 4.98 Å². The van der Waals surface area contributed by atoms with E-state index in [1.807, 2.05) is 38.5 Å². The standard InChI is InChI=1S/C12H22N2O2/c1-5-14-8-7-13-12(14)10(15)11(9(3)4)16-6-2/h7-11,15H,5-6H2,1-4H3. The molecule has 2 atom stereocenters. The van der Waals surface area contributed by atoms with Crippen LogP contribution in [0.5, 0.6) is 0 Å². The number of hydrogen-bond donors (Lipinski definition) is 1. The van der Waals surface area contributed by atoms with E-state index >= 15 is 0 Å². The maximum absolute atomic E-state index is 10.3. The van der Waals surface area contributed by atoms with Crippen molar-refractivity contribution in [1.82, 2.24) is 9.55 Å². The summed E-state index contributed by atoms with van der Waals surface area (Å²) in [5, 5.41) is 10.3. The summed E-state index contributed by atoms with van der Waals surface area (Å²) in [4.78, 5) is 4.21. The molecular formula is C12H22N2O2. The zero-order chi connectivity index (χ0) is 12.1. The summed E-state index contributed by atoms with van der Waals surface area (Å²) in [5.41, 5.74) is 0. The first kappa shape index (κ1) is 13.2. The van der Waals surface area contributed by atoms with Crippen LogP contribution in [0, 0.1) is 5.92 Å². The Labute approximate surface area is 97.3 Å². The fourth-order valence-corrected chi connectivity index (χ4v) is 1.84. The van der Waals surface area contributed by atoms with Gasteiger partial charge in [0.05, 0.1) is 6.10 Å². The number of aromatic nitrogens is 2. The van der Waals surface area contributed by atoms with Crippen LogP contribution in [0.1, 0.15) is 39.6 Å². The van der Waals surface area contributed by atoms with Crippen molar-refractivity contribution in [3.05, 3.63) is 18.2 Å². The van der Waals surface area contributed by atoms with Crippen molar-refractivity contribution in [3.63, 3.8) is 0 Å². The Hall–Kier alpha value is -0.870. The van der Waals surface area contributed by atoms with Crippen molar-refractivity contribution in [2.24, 2.45) is 5.92 Å². The third kappa shape index (κ3) is 2.83. The smallest absolute Gasteiger partial charge is 0.140 e. The first-order valence-electron chi connectivity index (χ1n) is 5.92. The van der Waals surface area contributed by atoms with Gasteiger partial charge in [-0.1, -0.05) is 13.8 Å². The Kier molecular flexibility index (Phi) is 4.96. The molecule has 1 rings (SSSR count). The molecule has 1 aromatic rings. The van der Waals surface area contributed by atoms with E-state index in [1.165, 1.54) is 0 Å². The molecule has 0 fully saturated rings. The average Bonchev–Trinajstić information content (AvgIpc) is 2.72. The lowest BCUT2D eigenvalue weighted by Crippen LogP contribution is -2.29. The summed E-state index contributed by atoms with van der Waals surface area (Å²) in [5.74, 6) is 0.951. The minimum atomic E-state index is -0.658. The zero-order valence-electron chi connectivity index (χ0n) is 10.6.